The molecule has 8 heteroatoms. The number of ether oxygens (including phenoxy) is 1. The van der Waals surface area contributed by atoms with Gasteiger partial charge in [0.15, 0.2) is 0 Å². The highest BCUT2D eigenvalue weighted by Crippen LogP contribution is 2.56. The third kappa shape index (κ3) is 4.12. The molecule has 198 valence electrons. The Balaban J connectivity index is 1.35. The zero-order valence-corrected chi connectivity index (χ0v) is 22.1. The van der Waals surface area contributed by atoms with Crippen molar-refractivity contribution < 1.29 is 19.1 Å². The van der Waals surface area contributed by atoms with Gasteiger partial charge in [-0.1, -0.05) is 73.3 Å². The molecule has 6 rings (SSSR count). The van der Waals surface area contributed by atoms with Crippen molar-refractivity contribution in [2.45, 2.75) is 68.9 Å². The largest absolute Gasteiger partial charge is 0.359 e. The van der Waals surface area contributed by atoms with E-state index in [4.69, 9.17) is 16.3 Å². The first-order valence-corrected chi connectivity index (χ1v) is 13.9. The number of carbonyl (C=O) groups is 3. The summed E-state index contributed by atoms with van der Waals surface area (Å²) in [5, 5.41) is 6.73. The third-order valence-electron chi connectivity index (χ3n) is 8.63. The Hall–Kier alpha value is -3.16. The predicted octanol–water partition coefficient (Wildman–Crippen LogP) is 4.64. The molecule has 3 fully saturated rings. The van der Waals surface area contributed by atoms with Crippen molar-refractivity contribution in [1.82, 2.24) is 10.2 Å². The number of benzene rings is 2. The maximum atomic E-state index is 14.2. The van der Waals surface area contributed by atoms with Gasteiger partial charge in [-0.15, -0.1) is 0 Å². The average Bonchev–Trinajstić information content (AvgIpc) is 3.58. The standard InChI is InChI=1S/C30H32ClN3O4/c1-18(19-8-4-2-5-9-19)34-26(28(36)33-21-10-6-3-7-11-21)30-17-16-23(38-30)24(25(30)29(34)37)27(35)32-22-14-12-20(31)13-15-22/h2,4-5,8-9,12-18,21,23-26H,3,6-7,10-11H2,1H3,(H,32,35)(H,33,36)/t18-,23-,24-,25-,26+,30+/m1/s1. The van der Waals surface area contributed by atoms with Gasteiger partial charge in [0.2, 0.25) is 17.7 Å². The van der Waals surface area contributed by atoms with Crippen LogP contribution in [0, 0.1) is 11.8 Å². The second kappa shape index (κ2) is 9.86. The zero-order chi connectivity index (χ0) is 26.4. The quantitative estimate of drug-likeness (QED) is 0.530. The first kappa shape index (κ1) is 25.1. The van der Waals surface area contributed by atoms with E-state index in [0.29, 0.717) is 10.7 Å². The number of rotatable bonds is 6. The van der Waals surface area contributed by atoms with Crippen LogP contribution in [0.25, 0.3) is 0 Å². The molecule has 2 bridgehead atoms. The second-order valence-electron chi connectivity index (χ2n) is 10.9. The van der Waals surface area contributed by atoms with Gasteiger partial charge in [-0.05, 0) is 49.6 Å². The van der Waals surface area contributed by atoms with Crippen LogP contribution >= 0.6 is 11.6 Å². The smallest absolute Gasteiger partial charge is 0.246 e. The highest BCUT2D eigenvalue weighted by atomic mass is 35.5. The summed E-state index contributed by atoms with van der Waals surface area (Å²) >= 11 is 6.00. The van der Waals surface area contributed by atoms with E-state index in [-0.39, 0.29) is 29.8 Å². The number of amides is 3. The molecular weight excluding hydrogens is 502 g/mol. The number of hydrogen-bond donors (Lipinski definition) is 2. The van der Waals surface area contributed by atoms with Crippen LogP contribution in [0.5, 0.6) is 0 Å². The lowest BCUT2D eigenvalue weighted by molar-refractivity contribution is -0.143. The highest BCUT2D eigenvalue weighted by Gasteiger charge is 2.73. The van der Waals surface area contributed by atoms with Gasteiger partial charge in [0.25, 0.3) is 0 Å². The van der Waals surface area contributed by atoms with Gasteiger partial charge in [0.05, 0.1) is 24.0 Å². The minimum absolute atomic E-state index is 0.0854. The van der Waals surface area contributed by atoms with Gasteiger partial charge in [-0.25, -0.2) is 0 Å². The van der Waals surface area contributed by atoms with Crippen LogP contribution in [-0.2, 0) is 19.1 Å². The molecule has 2 N–H and O–H groups in total. The number of anilines is 1. The molecule has 0 unspecified atom stereocenters. The molecule has 3 amide bonds. The predicted molar refractivity (Wildman–Crippen MR) is 144 cm³/mol. The SMILES string of the molecule is C[C@H](c1ccccc1)N1C(=O)[C@H]2[C@H](C(=O)Nc3ccc(Cl)cc3)[C@H]3C=C[C@@]2(O3)[C@@H]1C(=O)NC1CCCCC1. The molecule has 7 nitrogen and oxygen atoms in total. The normalized spacial score (nSPS) is 30.8. The number of nitrogens with one attached hydrogen (secondary N) is 2. The molecule has 0 radical (unpaired) electrons. The molecule has 1 saturated carbocycles. The van der Waals surface area contributed by atoms with Crippen molar-refractivity contribution in [3.8, 4) is 0 Å². The van der Waals surface area contributed by atoms with E-state index >= 15 is 0 Å². The van der Waals surface area contributed by atoms with Gasteiger partial charge < -0.3 is 20.3 Å². The molecule has 0 aromatic heterocycles. The van der Waals surface area contributed by atoms with Crippen LogP contribution in [0.15, 0.2) is 66.7 Å². The van der Waals surface area contributed by atoms with Crippen LogP contribution in [0.2, 0.25) is 5.02 Å². The van der Waals surface area contributed by atoms with E-state index in [1.165, 1.54) is 6.42 Å². The summed E-state index contributed by atoms with van der Waals surface area (Å²) in [7, 11) is 0. The van der Waals surface area contributed by atoms with Gasteiger partial charge in [0.1, 0.15) is 11.6 Å². The Morgan fingerprint density at radius 2 is 1.74 bits per heavy atom. The van der Waals surface area contributed by atoms with Crippen LogP contribution in [-0.4, -0.2) is 46.4 Å². The first-order chi connectivity index (χ1) is 18.4. The van der Waals surface area contributed by atoms with E-state index < -0.39 is 29.6 Å². The number of likely N-dealkylation sites (tertiary alicyclic amines) is 1. The Morgan fingerprint density at radius 3 is 2.45 bits per heavy atom. The summed E-state index contributed by atoms with van der Waals surface area (Å²) in [6, 6.07) is 15.4. The first-order valence-electron chi connectivity index (χ1n) is 13.5. The van der Waals surface area contributed by atoms with E-state index in [1.54, 1.807) is 29.2 Å². The zero-order valence-electron chi connectivity index (χ0n) is 21.3. The van der Waals surface area contributed by atoms with E-state index in [1.807, 2.05) is 49.4 Å². The molecule has 3 aliphatic heterocycles. The molecule has 2 aromatic rings. The summed E-state index contributed by atoms with van der Waals surface area (Å²) in [6.07, 6.45) is 8.33. The van der Waals surface area contributed by atoms with Crippen LogP contribution in [0.3, 0.4) is 0 Å². The van der Waals surface area contributed by atoms with Crippen LogP contribution < -0.4 is 10.6 Å². The Kier molecular flexibility index (Phi) is 6.52. The third-order valence-corrected chi connectivity index (χ3v) is 8.88. The number of carbonyl (C=O) groups excluding carboxylic acids is 3. The summed E-state index contributed by atoms with van der Waals surface area (Å²) < 4.78 is 6.47. The summed E-state index contributed by atoms with van der Waals surface area (Å²) in [5.41, 5.74) is 0.325. The maximum absolute atomic E-state index is 14.2. The van der Waals surface area contributed by atoms with Crippen molar-refractivity contribution in [3.63, 3.8) is 0 Å². The minimum Gasteiger partial charge on any atom is -0.359 e. The second-order valence-corrected chi connectivity index (χ2v) is 11.3. The fraction of sp³-hybridized carbons (Fsp3) is 0.433. The highest BCUT2D eigenvalue weighted by molar-refractivity contribution is 6.30. The summed E-state index contributed by atoms with van der Waals surface area (Å²) in [4.78, 5) is 43.5. The Labute approximate surface area is 227 Å². The maximum Gasteiger partial charge on any atom is 0.246 e. The Bertz CT molecular complexity index is 1260. The lowest BCUT2D eigenvalue weighted by atomic mass is 9.74. The van der Waals surface area contributed by atoms with Crippen molar-refractivity contribution in [1.29, 1.82) is 0 Å². The number of fused-ring (bicyclic) bond motifs is 1. The Morgan fingerprint density at radius 1 is 1.03 bits per heavy atom. The van der Waals surface area contributed by atoms with E-state index in [0.717, 1.165) is 31.2 Å². The molecule has 2 aromatic carbocycles. The van der Waals surface area contributed by atoms with Crippen molar-refractivity contribution in [3.05, 3.63) is 77.3 Å². The fourth-order valence-electron chi connectivity index (χ4n) is 6.80. The summed E-state index contributed by atoms with van der Waals surface area (Å²) in [5.74, 6) is -2.28. The topological polar surface area (TPSA) is 87.7 Å². The van der Waals surface area contributed by atoms with Gasteiger partial charge in [-0.3, -0.25) is 14.4 Å². The van der Waals surface area contributed by atoms with Crippen LogP contribution in [0.1, 0.15) is 50.6 Å². The van der Waals surface area contributed by atoms with Gasteiger partial charge in [0, 0.05) is 16.8 Å². The lowest BCUT2D eigenvalue weighted by Gasteiger charge is -2.37. The van der Waals surface area contributed by atoms with Gasteiger partial charge >= 0.3 is 0 Å². The molecule has 4 aliphatic rings. The molecule has 3 heterocycles. The molecule has 1 aliphatic carbocycles. The minimum atomic E-state index is -1.19. The van der Waals surface area contributed by atoms with Crippen molar-refractivity contribution in [2.24, 2.45) is 11.8 Å². The number of nitrogens with zero attached hydrogens (tertiary/aromatic N) is 1. The average molecular weight is 534 g/mol. The van der Waals surface area contributed by atoms with Crippen molar-refractivity contribution in [2.75, 3.05) is 5.32 Å². The van der Waals surface area contributed by atoms with E-state index in [9.17, 15) is 14.4 Å². The van der Waals surface area contributed by atoms with E-state index in [2.05, 4.69) is 10.6 Å². The van der Waals surface area contributed by atoms with Crippen LogP contribution in [0.4, 0.5) is 5.69 Å². The molecule has 38 heavy (non-hydrogen) atoms. The molecule has 1 spiro atoms. The molecule has 6 atom stereocenters. The monoisotopic (exact) mass is 533 g/mol. The number of halogens is 1. The molecule has 2 saturated heterocycles. The molecular formula is C30H32ClN3O4. The fourth-order valence-corrected chi connectivity index (χ4v) is 6.93. The number of hydrogen-bond acceptors (Lipinski definition) is 4. The van der Waals surface area contributed by atoms with Gasteiger partial charge in [-0.2, -0.15) is 0 Å². The van der Waals surface area contributed by atoms with Crippen molar-refractivity contribution >= 4 is 35.0 Å². The lowest BCUT2D eigenvalue weighted by Crippen LogP contribution is -2.56. The summed E-state index contributed by atoms with van der Waals surface area (Å²) in [6.45, 7) is 1.94.